The number of sulfonamides is 1. The van der Waals surface area contributed by atoms with Crippen molar-refractivity contribution in [1.29, 1.82) is 0 Å². The van der Waals surface area contributed by atoms with Crippen LogP contribution in [0.4, 0.5) is 0 Å². The zero-order chi connectivity index (χ0) is 21.3. The van der Waals surface area contributed by atoms with Crippen LogP contribution in [0.25, 0.3) is 10.9 Å². The van der Waals surface area contributed by atoms with Crippen LogP contribution in [0.15, 0.2) is 59.5 Å². The SMILES string of the molecule is CC(=O)c1cccc(S(=O)(=O)N2CCN(Cc3cc4ccccc4nc3Cl)CC2)c1. The van der Waals surface area contributed by atoms with Crippen LogP contribution in [0.1, 0.15) is 22.8 Å². The normalized spacial score (nSPS) is 16.1. The van der Waals surface area contributed by atoms with Crippen LogP contribution in [-0.2, 0) is 16.6 Å². The average Bonchev–Trinajstić information content (AvgIpc) is 2.75. The van der Waals surface area contributed by atoms with Gasteiger partial charge in [-0.25, -0.2) is 13.4 Å². The third kappa shape index (κ3) is 4.25. The Morgan fingerprint density at radius 1 is 1.03 bits per heavy atom. The molecule has 1 fully saturated rings. The van der Waals surface area contributed by atoms with Crippen LogP contribution in [-0.4, -0.2) is 54.6 Å². The first-order valence-corrected chi connectivity index (χ1v) is 11.5. The van der Waals surface area contributed by atoms with E-state index in [4.69, 9.17) is 11.6 Å². The van der Waals surface area contributed by atoms with Crippen LogP contribution in [0.5, 0.6) is 0 Å². The Labute approximate surface area is 181 Å². The molecule has 3 aromatic rings. The summed E-state index contributed by atoms with van der Waals surface area (Å²) in [5.41, 5.74) is 2.18. The number of halogens is 1. The van der Waals surface area contributed by atoms with Gasteiger partial charge in [0.1, 0.15) is 5.15 Å². The second-order valence-corrected chi connectivity index (χ2v) is 9.69. The molecule has 2 aromatic carbocycles. The van der Waals surface area contributed by atoms with Crippen LogP contribution < -0.4 is 0 Å². The predicted octanol–water partition coefficient (Wildman–Crippen LogP) is 3.60. The molecule has 1 aromatic heterocycles. The fraction of sp³-hybridized carbons (Fsp3) is 0.273. The van der Waals surface area contributed by atoms with E-state index in [2.05, 4.69) is 9.88 Å². The number of nitrogens with zero attached hydrogens (tertiary/aromatic N) is 3. The largest absolute Gasteiger partial charge is 0.296 e. The molecule has 8 heteroatoms. The minimum atomic E-state index is -3.64. The van der Waals surface area contributed by atoms with E-state index in [1.54, 1.807) is 12.1 Å². The summed E-state index contributed by atoms with van der Waals surface area (Å²) < 4.78 is 27.5. The maximum atomic E-state index is 13.0. The van der Waals surface area contributed by atoms with Crippen LogP contribution in [0, 0.1) is 0 Å². The minimum absolute atomic E-state index is 0.155. The molecule has 0 aliphatic carbocycles. The highest BCUT2D eigenvalue weighted by molar-refractivity contribution is 7.89. The van der Waals surface area contributed by atoms with Gasteiger partial charge in [0.25, 0.3) is 0 Å². The van der Waals surface area contributed by atoms with Crippen molar-refractivity contribution >= 4 is 38.3 Å². The smallest absolute Gasteiger partial charge is 0.243 e. The van der Waals surface area contributed by atoms with E-state index in [1.807, 2.05) is 30.3 Å². The van der Waals surface area contributed by atoms with Gasteiger partial charge in [-0.3, -0.25) is 9.69 Å². The summed E-state index contributed by atoms with van der Waals surface area (Å²) in [7, 11) is -3.64. The minimum Gasteiger partial charge on any atom is -0.296 e. The Bertz CT molecular complexity index is 1210. The number of pyridine rings is 1. The maximum absolute atomic E-state index is 13.0. The van der Waals surface area contributed by atoms with Crippen molar-refractivity contribution < 1.29 is 13.2 Å². The standard InChI is InChI=1S/C22H22ClN3O3S/c1-16(27)17-6-4-7-20(14-17)30(28,29)26-11-9-25(10-12-26)15-19-13-18-5-2-3-8-21(18)24-22(19)23/h2-8,13-14H,9-12,15H2,1H3. The van der Waals surface area contributed by atoms with Crippen molar-refractivity contribution in [2.75, 3.05) is 26.2 Å². The topological polar surface area (TPSA) is 70.6 Å². The first-order valence-electron chi connectivity index (χ1n) is 9.72. The summed E-state index contributed by atoms with van der Waals surface area (Å²) >= 11 is 6.37. The van der Waals surface area contributed by atoms with Crippen molar-refractivity contribution in [1.82, 2.24) is 14.2 Å². The molecule has 30 heavy (non-hydrogen) atoms. The van der Waals surface area contributed by atoms with Crippen molar-refractivity contribution in [3.8, 4) is 0 Å². The molecule has 0 atom stereocenters. The molecular weight excluding hydrogens is 422 g/mol. The number of aromatic nitrogens is 1. The maximum Gasteiger partial charge on any atom is 0.243 e. The zero-order valence-electron chi connectivity index (χ0n) is 16.6. The van der Waals surface area contributed by atoms with Gasteiger partial charge in [0.05, 0.1) is 10.4 Å². The number of fused-ring (bicyclic) bond motifs is 1. The lowest BCUT2D eigenvalue weighted by molar-refractivity contribution is 0.101. The summed E-state index contributed by atoms with van der Waals surface area (Å²) in [6, 6.07) is 16.1. The molecule has 0 saturated carbocycles. The van der Waals surface area contributed by atoms with Crippen LogP contribution in [0.2, 0.25) is 5.15 Å². The lowest BCUT2D eigenvalue weighted by Gasteiger charge is -2.34. The Morgan fingerprint density at radius 2 is 1.77 bits per heavy atom. The molecule has 0 unspecified atom stereocenters. The molecule has 0 amide bonds. The van der Waals surface area contributed by atoms with E-state index in [0.717, 1.165) is 16.5 Å². The van der Waals surface area contributed by atoms with Gasteiger partial charge < -0.3 is 0 Å². The molecule has 0 radical (unpaired) electrons. The van der Waals surface area contributed by atoms with Crippen molar-refractivity contribution in [3.63, 3.8) is 0 Å². The van der Waals surface area contributed by atoms with E-state index in [1.165, 1.54) is 23.4 Å². The van der Waals surface area contributed by atoms with Crippen molar-refractivity contribution in [2.45, 2.75) is 18.4 Å². The monoisotopic (exact) mass is 443 g/mol. The number of rotatable bonds is 5. The highest BCUT2D eigenvalue weighted by Gasteiger charge is 2.29. The number of carbonyl (C=O) groups is 1. The van der Waals surface area contributed by atoms with Gasteiger partial charge in [-0.15, -0.1) is 0 Å². The molecule has 0 bridgehead atoms. The van der Waals surface area contributed by atoms with Crippen molar-refractivity contribution in [3.05, 3.63) is 70.9 Å². The number of carbonyl (C=O) groups excluding carboxylic acids is 1. The van der Waals surface area contributed by atoms with E-state index in [-0.39, 0.29) is 10.7 Å². The van der Waals surface area contributed by atoms with Gasteiger partial charge in [-0.1, -0.05) is 41.9 Å². The quantitative estimate of drug-likeness (QED) is 0.445. The Kier molecular flexibility index (Phi) is 5.88. The molecule has 1 aliphatic rings. The number of piperazine rings is 1. The molecule has 0 N–H and O–H groups in total. The van der Waals surface area contributed by atoms with Gasteiger partial charge in [-0.2, -0.15) is 4.31 Å². The predicted molar refractivity (Wildman–Crippen MR) is 117 cm³/mol. The molecule has 6 nitrogen and oxygen atoms in total. The van der Waals surface area contributed by atoms with Crippen molar-refractivity contribution in [2.24, 2.45) is 0 Å². The molecule has 1 saturated heterocycles. The summed E-state index contributed by atoms with van der Waals surface area (Å²) in [5, 5.41) is 1.51. The second kappa shape index (κ2) is 8.43. The summed E-state index contributed by atoms with van der Waals surface area (Å²) in [6.45, 7) is 3.99. The van der Waals surface area contributed by atoms with Gasteiger partial charge in [0.2, 0.25) is 10.0 Å². The molecule has 1 aliphatic heterocycles. The van der Waals surface area contributed by atoms with E-state index in [9.17, 15) is 13.2 Å². The lowest BCUT2D eigenvalue weighted by Crippen LogP contribution is -2.48. The summed E-state index contributed by atoms with van der Waals surface area (Å²) in [6.07, 6.45) is 0. The van der Waals surface area contributed by atoms with E-state index in [0.29, 0.717) is 43.4 Å². The lowest BCUT2D eigenvalue weighted by atomic mass is 10.1. The summed E-state index contributed by atoms with van der Waals surface area (Å²) in [5.74, 6) is -0.155. The van der Waals surface area contributed by atoms with Crippen LogP contribution >= 0.6 is 11.6 Å². The molecular formula is C22H22ClN3O3S. The molecule has 2 heterocycles. The Hall–Kier alpha value is -2.32. The number of hydrogen-bond donors (Lipinski definition) is 0. The first-order chi connectivity index (χ1) is 14.3. The summed E-state index contributed by atoms with van der Waals surface area (Å²) in [4.78, 5) is 18.4. The van der Waals surface area contributed by atoms with Gasteiger partial charge in [0, 0.05) is 49.2 Å². The van der Waals surface area contributed by atoms with Gasteiger partial charge in [-0.05, 0) is 31.2 Å². The number of para-hydroxylation sites is 1. The number of hydrogen-bond acceptors (Lipinski definition) is 5. The van der Waals surface area contributed by atoms with Gasteiger partial charge in [0.15, 0.2) is 5.78 Å². The van der Waals surface area contributed by atoms with Gasteiger partial charge >= 0.3 is 0 Å². The first kappa shape index (κ1) is 20.9. The molecule has 4 rings (SSSR count). The highest BCUT2D eigenvalue weighted by atomic mass is 35.5. The molecule has 156 valence electrons. The average molecular weight is 444 g/mol. The molecule has 0 spiro atoms. The zero-order valence-corrected chi connectivity index (χ0v) is 18.2. The Balaban J connectivity index is 1.46. The Morgan fingerprint density at radius 3 is 2.50 bits per heavy atom. The fourth-order valence-electron chi connectivity index (χ4n) is 3.64. The highest BCUT2D eigenvalue weighted by Crippen LogP contribution is 2.24. The number of ketones is 1. The third-order valence-electron chi connectivity index (χ3n) is 5.35. The number of Topliss-reactive ketones (excluding diaryl/α,β-unsaturated/α-hetero) is 1. The number of benzene rings is 2. The fourth-order valence-corrected chi connectivity index (χ4v) is 5.31. The second-order valence-electron chi connectivity index (χ2n) is 7.40. The van der Waals surface area contributed by atoms with Crippen LogP contribution in [0.3, 0.4) is 0 Å². The van der Waals surface area contributed by atoms with E-state index >= 15 is 0 Å². The van der Waals surface area contributed by atoms with E-state index < -0.39 is 10.0 Å². The third-order valence-corrected chi connectivity index (χ3v) is 7.58.